The quantitative estimate of drug-likeness (QED) is 0.792. The number of hydrogen-bond acceptors (Lipinski definition) is 2. The molecule has 1 aromatic rings. The molecule has 2 unspecified atom stereocenters. The molecule has 4 heteroatoms. The second-order valence-electron chi connectivity index (χ2n) is 7.33. The summed E-state index contributed by atoms with van der Waals surface area (Å²) in [6, 6.07) is 0. The SMILES string of the molecule is CCn1ncc(Br)c1C1CCCCCC1CNC(C)(C)C. The van der Waals surface area contributed by atoms with Crippen LogP contribution in [0.1, 0.15) is 71.4 Å². The third kappa shape index (κ3) is 4.56. The summed E-state index contributed by atoms with van der Waals surface area (Å²) in [5.41, 5.74) is 1.61. The van der Waals surface area contributed by atoms with E-state index in [0.29, 0.717) is 11.8 Å². The maximum absolute atomic E-state index is 4.53. The van der Waals surface area contributed by atoms with Crippen molar-refractivity contribution in [3.05, 3.63) is 16.4 Å². The number of aromatic nitrogens is 2. The zero-order valence-electron chi connectivity index (χ0n) is 14.0. The largest absolute Gasteiger partial charge is 0.312 e. The molecule has 1 aliphatic carbocycles. The highest BCUT2D eigenvalue weighted by molar-refractivity contribution is 9.10. The lowest BCUT2D eigenvalue weighted by molar-refractivity contribution is 0.312. The van der Waals surface area contributed by atoms with Crippen molar-refractivity contribution in [1.82, 2.24) is 15.1 Å². The minimum absolute atomic E-state index is 0.194. The molecule has 2 atom stereocenters. The van der Waals surface area contributed by atoms with Crippen LogP contribution in [0.4, 0.5) is 0 Å². The van der Waals surface area contributed by atoms with Crippen molar-refractivity contribution in [2.75, 3.05) is 6.54 Å². The van der Waals surface area contributed by atoms with Crippen LogP contribution in [0.15, 0.2) is 10.7 Å². The van der Waals surface area contributed by atoms with Crippen LogP contribution in [-0.2, 0) is 6.54 Å². The van der Waals surface area contributed by atoms with E-state index in [0.717, 1.165) is 13.1 Å². The van der Waals surface area contributed by atoms with Gasteiger partial charge in [-0.25, -0.2) is 0 Å². The van der Waals surface area contributed by atoms with E-state index >= 15 is 0 Å². The smallest absolute Gasteiger partial charge is 0.0635 e. The van der Waals surface area contributed by atoms with Crippen molar-refractivity contribution in [3.8, 4) is 0 Å². The second-order valence-corrected chi connectivity index (χ2v) is 8.18. The van der Waals surface area contributed by atoms with E-state index in [2.05, 4.69) is 58.7 Å². The van der Waals surface area contributed by atoms with Gasteiger partial charge in [-0.05, 0) is 68.9 Å². The molecule has 120 valence electrons. The summed E-state index contributed by atoms with van der Waals surface area (Å²) in [6.45, 7) is 11.0. The van der Waals surface area contributed by atoms with Gasteiger partial charge < -0.3 is 5.32 Å². The second kappa shape index (κ2) is 7.28. The lowest BCUT2D eigenvalue weighted by Gasteiger charge is -2.30. The Hall–Kier alpha value is -0.350. The van der Waals surface area contributed by atoms with Gasteiger partial charge in [-0.15, -0.1) is 0 Å². The molecule has 0 spiro atoms. The van der Waals surface area contributed by atoms with Crippen molar-refractivity contribution >= 4 is 15.9 Å². The molecule has 21 heavy (non-hydrogen) atoms. The summed E-state index contributed by atoms with van der Waals surface area (Å²) in [5, 5.41) is 8.26. The summed E-state index contributed by atoms with van der Waals surface area (Å²) in [5.74, 6) is 1.34. The third-order valence-corrected chi connectivity index (χ3v) is 5.15. The van der Waals surface area contributed by atoms with Gasteiger partial charge in [0.15, 0.2) is 0 Å². The van der Waals surface area contributed by atoms with Crippen LogP contribution in [0.25, 0.3) is 0 Å². The molecule has 1 aliphatic rings. The van der Waals surface area contributed by atoms with Crippen LogP contribution < -0.4 is 5.32 Å². The van der Waals surface area contributed by atoms with Gasteiger partial charge in [-0.1, -0.05) is 19.3 Å². The van der Waals surface area contributed by atoms with Crippen molar-refractivity contribution in [2.24, 2.45) is 5.92 Å². The van der Waals surface area contributed by atoms with Gasteiger partial charge in [0, 0.05) is 18.0 Å². The fourth-order valence-corrected chi connectivity index (χ4v) is 4.01. The minimum Gasteiger partial charge on any atom is -0.312 e. The lowest BCUT2D eigenvalue weighted by Crippen LogP contribution is -2.40. The van der Waals surface area contributed by atoms with E-state index in [9.17, 15) is 0 Å². The van der Waals surface area contributed by atoms with E-state index in [1.807, 2.05) is 6.20 Å². The molecule has 0 saturated heterocycles. The van der Waals surface area contributed by atoms with Crippen LogP contribution >= 0.6 is 15.9 Å². The molecule has 0 bridgehead atoms. The third-order valence-electron chi connectivity index (χ3n) is 4.54. The number of nitrogens with one attached hydrogen (secondary N) is 1. The summed E-state index contributed by atoms with van der Waals surface area (Å²) in [6.07, 6.45) is 8.68. The molecule has 1 fully saturated rings. The van der Waals surface area contributed by atoms with E-state index in [4.69, 9.17) is 0 Å². The molecule has 0 aromatic carbocycles. The zero-order valence-corrected chi connectivity index (χ0v) is 15.5. The van der Waals surface area contributed by atoms with Gasteiger partial charge in [0.25, 0.3) is 0 Å². The van der Waals surface area contributed by atoms with Gasteiger partial charge in [0.05, 0.1) is 16.4 Å². The molecule has 1 saturated carbocycles. The van der Waals surface area contributed by atoms with E-state index in [-0.39, 0.29) is 5.54 Å². The van der Waals surface area contributed by atoms with E-state index in [1.54, 1.807) is 0 Å². The average Bonchev–Trinajstić information content (AvgIpc) is 2.64. The molecular weight excluding hydrogens is 326 g/mol. The van der Waals surface area contributed by atoms with Gasteiger partial charge in [-0.3, -0.25) is 4.68 Å². The van der Waals surface area contributed by atoms with Gasteiger partial charge in [-0.2, -0.15) is 5.10 Å². The molecule has 2 rings (SSSR count). The summed E-state index contributed by atoms with van der Waals surface area (Å²) in [4.78, 5) is 0. The standard InChI is InChI=1S/C17H30BrN3/c1-5-21-16(15(18)12-20-21)14-10-8-6-7-9-13(14)11-19-17(2,3)4/h12-14,19H,5-11H2,1-4H3. The Morgan fingerprint density at radius 3 is 2.67 bits per heavy atom. The topological polar surface area (TPSA) is 29.9 Å². The van der Waals surface area contributed by atoms with Crippen LogP contribution in [0, 0.1) is 5.92 Å². The number of hydrogen-bond donors (Lipinski definition) is 1. The molecule has 3 nitrogen and oxygen atoms in total. The van der Waals surface area contributed by atoms with Crippen LogP contribution in [0.2, 0.25) is 0 Å². The molecule has 1 heterocycles. The molecule has 0 aliphatic heterocycles. The Labute approximate surface area is 138 Å². The first-order valence-electron chi connectivity index (χ1n) is 8.38. The van der Waals surface area contributed by atoms with Gasteiger partial charge in [0.2, 0.25) is 0 Å². The first-order valence-corrected chi connectivity index (χ1v) is 9.18. The first kappa shape index (κ1) is 17.0. The highest BCUT2D eigenvalue weighted by Crippen LogP contribution is 2.39. The number of nitrogens with zero attached hydrogens (tertiary/aromatic N) is 2. The fraction of sp³-hybridized carbons (Fsp3) is 0.824. The van der Waals surface area contributed by atoms with Crippen molar-refractivity contribution in [3.63, 3.8) is 0 Å². The molecule has 1 aromatic heterocycles. The van der Waals surface area contributed by atoms with Crippen molar-refractivity contribution in [2.45, 2.75) is 77.8 Å². The number of aryl methyl sites for hydroxylation is 1. The summed E-state index contributed by atoms with van der Waals surface area (Å²) >= 11 is 3.73. The Morgan fingerprint density at radius 1 is 1.29 bits per heavy atom. The predicted molar refractivity (Wildman–Crippen MR) is 92.7 cm³/mol. The van der Waals surface area contributed by atoms with E-state index in [1.165, 1.54) is 42.3 Å². The van der Waals surface area contributed by atoms with Gasteiger partial charge >= 0.3 is 0 Å². The maximum atomic E-state index is 4.53. The Balaban J connectivity index is 2.21. The van der Waals surface area contributed by atoms with Crippen molar-refractivity contribution < 1.29 is 0 Å². The highest BCUT2D eigenvalue weighted by atomic mass is 79.9. The average molecular weight is 356 g/mol. The lowest BCUT2D eigenvalue weighted by atomic mass is 9.84. The number of rotatable bonds is 4. The van der Waals surface area contributed by atoms with Crippen LogP contribution in [0.3, 0.4) is 0 Å². The summed E-state index contributed by atoms with van der Waals surface area (Å²) in [7, 11) is 0. The van der Waals surface area contributed by atoms with Gasteiger partial charge in [0.1, 0.15) is 0 Å². The van der Waals surface area contributed by atoms with Crippen molar-refractivity contribution in [1.29, 1.82) is 0 Å². The predicted octanol–water partition coefficient (Wildman–Crippen LogP) is 4.72. The Morgan fingerprint density at radius 2 is 2.00 bits per heavy atom. The molecule has 1 N–H and O–H groups in total. The molecular formula is C17H30BrN3. The summed E-state index contributed by atoms with van der Waals surface area (Å²) < 4.78 is 3.38. The normalized spacial score (nSPS) is 24.0. The first-order chi connectivity index (χ1) is 9.92. The van der Waals surface area contributed by atoms with Crippen LogP contribution in [-0.4, -0.2) is 21.9 Å². The highest BCUT2D eigenvalue weighted by Gasteiger charge is 2.30. The minimum atomic E-state index is 0.194. The Kier molecular flexibility index (Phi) is 5.89. The molecule has 0 amide bonds. The van der Waals surface area contributed by atoms with Crippen LogP contribution in [0.5, 0.6) is 0 Å². The molecule has 0 radical (unpaired) electrons. The van der Waals surface area contributed by atoms with E-state index < -0.39 is 0 Å². The monoisotopic (exact) mass is 355 g/mol. The fourth-order valence-electron chi connectivity index (χ4n) is 3.42. The zero-order chi connectivity index (χ0) is 15.5. The maximum Gasteiger partial charge on any atom is 0.0635 e. The number of halogens is 1. The Bertz CT molecular complexity index is 447.